The van der Waals surface area contributed by atoms with Gasteiger partial charge in [0.25, 0.3) is 0 Å². The number of carbonyl (C=O) groups excluding carboxylic acids is 1. The van der Waals surface area contributed by atoms with Crippen LogP contribution in [0, 0.1) is 5.41 Å². The Balaban J connectivity index is 0.00000361. The first-order valence-corrected chi connectivity index (χ1v) is 7.16. The van der Waals surface area contributed by atoms with Crippen molar-refractivity contribution in [1.82, 2.24) is 10.6 Å². The van der Waals surface area contributed by atoms with Crippen molar-refractivity contribution in [2.45, 2.75) is 39.2 Å². The number of hydrogen-bond acceptors (Lipinski definition) is 4. The number of methoxy groups -OCH3 is 1. The molecule has 20 heavy (non-hydrogen) atoms. The number of amides is 1. The van der Waals surface area contributed by atoms with Gasteiger partial charge in [0.2, 0.25) is 5.91 Å². The Bertz CT molecular complexity index is 264. The molecule has 0 unspecified atom stereocenters. The summed E-state index contributed by atoms with van der Waals surface area (Å²) in [6.07, 6.45) is 2.70. The number of carbonyl (C=O) groups is 1. The summed E-state index contributed by atoms with van der Waals surface area (Å²) >= 11 is 0. The molecule has 0 aromatic carbocycles. The minimum Gasteiger partial charge on any atom is -0.384 e. The van der Waals surface area contributed by atoms with Crippen molar-refractivity contribution in [3.05, 3.63) is 0 Å². The monoisotopic (exact) mass is 308 g/mol. The van der Waals surface area contributed by atoms with Gasteiger partial charge in [-0.3, -0.25) is 4.79 Å². The van der Waals surface area contributed by atoms with E-state index in [9.17, 15) is 4.79 Å². The molecule has 6 heteroatoms. The fourth-order valence-corrected chi connectivity index (χ4v) is 2.40. The van der Waals surface area contributed by atoms with Crippen LogP contribution in [0.15, 0.2) is 0 Å². The predicted molar refractivity (Wildman–Crippen MR) is 82.4 cm³/mol. The summed E-state index contributed by atoms with van der Waals surface area (Å²) < 4.78 is 10.7. The molecule has 0 saturated carbocycles. The molecular formula is C14H29ClN2O3. The van der Waals surface area contributed by atoms with Gasteiger partial charge in [-0.2, -0.15) is 0 Å². The number of rotatable bonds is 8. The molecule has 120 valence electrons. The van der Waals surface area contributed by atoms with Crippen molar-refractivity contribution in [2.24, 2.45) is 5.41 Å². The summed E-state index contributed by atoms with van der Waals surface area (Å²) in [5, 5.41) is 6.37. The summed E-state index contributed by atoms with van der Waals surface area (Å²) in [5.74, 6) is 0.0645. The standard InChI is InChI=1S/C14H28N2O3.ClH/c1-12(2)19-9-4-13(17)16-10-14(11-18-3)5-7-15-8-6-14;/h12,15H,4-11H2,1-3H3,(H,16,17);1H. The molecule has 0 spiro atoms. The molecule has 5 nitrogen and oxygen atoms in total. The molecule has 0 radical (unpaired) electrons. The molecule has 1 aliphatic rings. The molecule has 1 heterocycles. The minimum atomic E-state index is 0. The lowest BCUT2D eigenvalue weighted by Gasteiger charge is -2.37. The predicted octanol–water partition coefficient (Wildman–Crippen LogP) is 1.36. The smallest absolute Gasteiger partial charge is 0.222 e. The van der Waals surface area contributed by atoms with Crippen LogP contribution in [0.1, 0.15) is 33.1 Å². The number of halogens is 1. The van der Waals surface area contributed by atoms with E-state index < -0.39 is 0 Å². The van der Waals surface area contributed by atoms with Crippen molar-refractivity contribution in [1.29, 1.82) is 0 Å². The van der Waals surface area contributed by atoms with Gasteiger partial charge in [0.1, 0.15) is 0 Å². The van der Waals surface area contributed by atoms with Gasteiger partial charge in [0.05, 0.1) is 19.3 Å². The molecule has 0 aromatic heterocycles. The lowest BCUT2D eigenvalue weighted by molar-refractivity contribution is -0.123. The van der Waals surface area contributed by atoms with Crippen molar-refractivity contribution < 1.29 is 14.3 Å². The van der Waals surface area contributed by atoms with Crippen LogP contribution in [-0.2, 0) is 14.3 Å². The molecule has 1 amide bonds. The van der Waals surface area contributed by atoms with Crippen molar-refractivity contribution in [2.75, 3.05) is 40.0 Å². The van der Waals surface area contributed by atoms with E-state index in [1.54, 1.807) is 7.11 Å². The van der Waals surface area contributed by atoms with Gasteiger partial charge >= 0.3 is 0 Å². The zero-order valence-corrected chi connectivity index (χ0v) is 13.7. The van der Waals surface area contributed by atoms with E-state index >= 15 is 0 Å². The Labute approximate surface area is 128 Å². The third-order valence-corrected chi connectivity index (χ3v) is 3.56. The summed E-state index contributed by atoms with van der Waals surface area (Å²) in [4.78, 5) is 11.8. The second-order valence-electron chi connectivity index (χ2n) is 5.63. The van der Waals surface area contributed by atoms with Crippen LogP contribution in [-0.4, -0.2) is 52.0 Å². The third-order valence-electron chi connectivity index (χ3n) is 3.56. The van der Waals surface area contributed by atoms with E-state index in [1.807, 2.05) is 13.8 Å². The van der Waals surface area contributed by atoms with E-state index in [0.29, 0.717) is 26.2 Å². The van der Waals surface area contributed by atoms with E-state index in [-0.39, 0.29) is 29.8 Å². The van der Waals surface area contributed by atoms with Gasteiger partial charge in [0, 0.05) is 25.5 Å². The highest BCUT2D eigenvalue weighted by molar-refractivity contribution is 5.85. The lowest BCUT2D eigenvalue weighted by atomic mass is 9.79. The minimum absolute atomic E-state index is 0. The lowest BCUT2D eigenvalue weighted by Crippen LogP contribution is -2.47. The van der Waals surface area contributed by atoms with Gasteiger partial charge in [-0.1, -0.05) is 0 Å². The van der Waals surface area contributed by atoms with E-state index in [4.69, 9.17) is 9.47 Å². The maximum Gasteiger partial charge on any atom is 0.222 e. The van der Waals surface area contributed by atoms with E-state index in [2.05, 4.69) is 10.6 Å². The molecular weight excluding hydrogens is 280 g/mol. The molecule has 0 aliphatic carbocycles. The summed E-state index contributed by atoms with van der Waals surface area (Å²) in [7, 11) is 1.72. The molecule has 2 N–H and O–H groups in total. The maximum atomic E-state index is 11.8. The van der Waals surface area contributed by atoms with Crippen molar-refractivity contribution in [3.8, 4) is 0 Å². The van der Waals surface area contributed by atoms with E-state index in [1.165, 1.54) is 0 Å². The van der Waals surface area contributed by atoms with E-state index in [0.717, 1.165) is 25.9 Å². The van der Waals surface area contributed by atoms with Crippen LogP contribution in [0.3, 0.4) is 0 Å². The molecule has 0 aromatic rings. The average Bonchev–Trinajstić information content (AvgIpc) is 2.38. The third kappa shape index (κ3) is 7.43. The Morgan fingerprint density at radius 1 is 1.35 bits per heavy atom. The van der Waals surface area contributed by atoms with Gasteiger partial charge in [-0.05, 0) is 39.8 Å². The van der Waals surface area contributed by atoms with Crippen molar-refractivity contribution >= 4 is 18.3 Å². The number of ether oxygens (including phenoxy) is 2. The van der Waals surface area contributed by atoms with Crippen LogP contribution in [0.5, 0.6) is 0 Å². The summed E-state index contributed by atoms with van der Waals surface area (Å²) in [6.45, 7) is 7.83. The molecule has 1 aliphatic heterocycles. The van der Waals surface area contributed by atoms with Crippen LogP contribution < -0.4 is 10.6 Å². The first kappa shape index (κ1) is 19.6. The number of nitrogens with one attached hydrogen (secondary N) is 2. The second-order valence-corrected chi connectivity index (χ2v) is 5.63. The highest BCUT2D eigenvalue weighted by Crippen LogP contribution is 2.28. The normalized spacial score (nSPS) is 17.6. The molecule has 1 rings (SSSR count). The molecule has 0 bridgehead atoms. The largest absolute Gasteiger partial charge is 0.384 e. The first-order valence-electron chi connectivity index (χ1n) is 7.16. The summed E-state index contributed by atoms with van der Waals surface area (Å²) in [6, 6.07) is 0. The number of hydrogen-bond donors (Lipinski definition) is 2. The Morgan fingerprint density at radius 2 is 2.00 bits per heavy atom. The Hall–Kier alpha value is -0.360. The van der Waals surface area contributed by atoms with Crippen LogP contribution in [0.25, 0.3) is 0 Å². The zero-order valence-electron chi connectivity index (χ0n) is 12.9. The molecule has 0 atom stereocenters. The number of piperidine rings is 1. The topological polar surface area (TPSA) is 59.6 Å². The van der Waals surface area contributed by atoms with Crippen molar-refractivity contribution in [3.63, 3.8) is 0 Å². The highest BCUT2D eigenvalue weighted by atomic mass is 35.5. The van der Waals surface area contributed by atoms with Crippen LogP contribution in [0.4, 0.5) is 0 Å². The maximum absolute atomic E-state index is 11.8. The fraction of sp³-hybridized carbons (Fsp3) is 0.929. The Morgan fingerprint density at radius 3 is 2.55 bits per heavy atom. The van der Waals surface area contributed by atoms with Gasteiger partial charge in [-0.15, -0.1) is 12.4 Å². The van der Waals surface area contributed by atoms with Crippen LogP contribution >= 0.6 is 12.4 Å². The fourth-order valence-electron chi connectivity index (χ4n) is 2.40. The summed E-state index contributed by atoms with van der Waals surface area (Å²) in [5.41, 5.74) is 0.0918. The first-order chi connectivity index (χ1) is 9.08. The second kappa shape index (κ2) is 10.4. The van der Waals surface area contributed by atoms with Gasteiger partial charge < -0.3 is 20.1 Å². The SMILES string of the molecule is COCC1(CNC(=O)CCOC(C)C)CCNCC1.Cl. The van der Waals surface area contributed by atoms with Crippen LogP contribution in [0.2, 0.25) is 0 Å². The average molecular weight is 309 g/mol. The highest BCUT2D eigenvalue weighted by Gasteiger charge is 2.32. The molecule has 1 saturated heterocycles. The molecule has 1 fully saturated rings. The zero-order chi connectivity index (χ0) is 14.1. The van der Waals surface area contributed by atoms with Gasteiger partial charge in [-0.25, -0.2) is 0 Å². The van der Waals surface area contributed by atoms with Gasteiger partial charge in [0.15, 0.2) is 0 Å². The Kier molecular flexibility index (Phi) is 10.2. The quantitative estimate of drug-likeness (QED) is 0.711.